The molecule has 1 aliphatic carbocycles. The predicted molar refractivity (Wildman–Crippen MR) is 68.8 cm³/mol. The Morgan fingerprint density at radius 3 is 2.82 bits per heavy atom. The Morgan fingerprint density at radius 2 is 2.18 bits per heavy atom. The Labute approximate surface area is 103 Å². The lowest BCUT2D eigenvalue weighted by atomic mass is 9.78. The monoisotopic (exact) mass is 234 g/mol. The van der Waals surface area contributed by atoms with Crippen LogP contribution in [-0.4, -0.2) is 16.5 Å². The maximum absolute atomic E-state index is 12.1. The van der Waals surface area contributed by atoms with Gasteiger partial charge in [0.05, 0.1) is 0 Å². The number of amides is 1. The number of hydrogen-bond donors (Lipinski definition) is 1. The highest BCUT2D eigenvalue weighted by Crippen LogP contribution is 2.29. The third-order valence-corrected chi connectivity index (χ3v) is 4.20. The van der Waals surface area contributed by atoms with Crippen molar-refractivity contribution in [2.75, 3.05) is 0 Å². The van der Waals surface area contributed by atoms with E-state index in [2.05, 4.69) is 19.2 Å². The Bertz CT molecular complexity index is 397. The fourth-order valence-corrected chi connectivity index (χ4v) is 2.73. The minimum Gasteiger partial charge on any atom is -0.348 e. The summed E-state index contributed by atoms with van der Waals surface area (Å²) in [4.78, 5) is 12.1. The molecule has 1 saturated carbocycles. The normalized spacial score (nSPS) is 29.0. The SMILES string of the molecule is C[C@@H]1[C@H](C)CCC[C@@H]1NC(=O)c1cccn1C. The van der Waals surface area contributed by atoms with Crippen molar-refractivity contribution in [2.24, 2.45) is 18.9 Å². The summed E-state index contributed by atoms with van der Waals surface area (Å²) in [6, 6.07) is 4.11. The van der Waals surface area contributed by atoms with Crippen LogP contribution in [0.1, 0.15) is 43.6 Å². The molecule has 1 amide bonds. The highest BCUT2D eigenvalue weighted by molar-refractivity contribution is 5.92. The van der Waals surface area contributed by atoms with Crippen molar-refractivity contribution in [1.82, 2.24) is 9.88 Å². The fraction of sp³-hybridized carbons (Fsp3) is 0.643. The molecule has 1 fully saturated rings. The topological polar surface area (TPSA) is 34.0 Å². The minimum atomic E-state index is 0.0588. The Kier molecular flexibility index (Phi) is 3.55. The average Bonchev–Trinajstić information content (AvgIpc) is 2.71. The number of rotatable bonds is 2. The molecule has 0 saturated heterocycles. The summed E-state index contributed by atoms with van der Waals surface area (Å²) < 4.78 is 1.87. The molecule has 3 nitrogen and oxygen atoms in total. The number of carbonyl (C=O) groups excluding carboxylic acids is 1. The van der Waals surface area contributed by atoms with Crippen LogP contribution in [0.15, 0.2) is 18.3 Å². The van der Waals surface area contributed by atoms with E-state index in [1.54, 1.807) is 0 Å². The Morgan fingerprint density at radius 1 is 1.41 bits per heavy atom. The second kappa shape index (κ2) is 4.94. The number of nitrogens with zero attached hydrogens (tertiary/aromatic N) is 1. The van der Waals surface area contributed by atoms with Crippen LogP contribution < -0.4 is 5.32 Å². The molecule has 1 aromatic rings. The maximum Gasteiger partial charge on any atom is 0.268 e. The van der Waals surface area contributed by atoms with E-state index in [1.165, 1.54) is 12.8 Å². The first kappa shape index (κ1) is 12.2. The lowest BCUT2D eigenvalue weighted by molar-refractivity contribution is 0.0883. The first-order valence-corrected chi connectivity index (χ1v) is 6.52. The van der Waals surface area contributed by atoms with Gasteiger partial charge in [0.25, 0.3) is 5.91 Å². The van der Waals surface area contributed by atoms with Crippen LogP contribution in [0.25, 0.3) is 0 Å². The van der Waals surface area contributed by atoms with Gasteiger partial charge in [-0.15, -0.1) is 0 Å². The third kappa shape index (κ3) is 2.54. The summed E-state index contributed by atoms with van der Waals surface area (Å²) in [6.45, 7) is 4.53. The lowest BCUT2D eigenvalue weighted by Crippen LogP contribution is -2.44. The van der Waals surface area contributed by atoms with Crippen molar-refractivity contribution >= 4 is 5.91 Å². The van der Waals surface area contributed by atoms with Crippen molar-refractivity contribution in [3.63, 3.8) is 0 Å². The molecule has 3 atom stereocenters. The second-order valence-electron chi connectivity index (χ2n) is 5.35. The third-order valence-electron chi connectivity index (χ3n) is 4.20. The molecule has 2 rings (SSSR count). The standard InChI is InChI=1S/C14H22N2O/c1-10-6-4-7-12(11(10)2)15-14(17)13-8-5-9-16(13)3/h5,8-12H,4,6-7H2,1-3H3,(H,15,17)/t10-,11-,12+/m1/s1. The molecule has 0 unspecified atom stereocenters. The number of carbonyl (C=O) groups is 1. The van der Waals surface area contributed by atoms with Crippen LogP contribution in [0.2, 0.25) is 0 Å². The molecule has 1 aromatic heterocycles. The molecule has 1 heterocycles. The number of aromatic nitrogens is 1. The lowest BCUT2D eigenvalue weighted by Gasteiger charge is -2.34. The Balaban J connectivity index is 2.01. The van der Waals surface area contributed by atoms with Gasteiger partial charge in [-0.05, 0) is 30.4 Å². The largest absolute Gasteiger partial charge is 0.348 e. The molecule has 1 aliphatic rings. The van der Waals surface area contributed by atoms with Gasteiger partial charge in [-0.25, -0.2) is 0 Å². The van der Waals surface area contributed by atoms with Crippen LogP contribution in [0.4, 0.5) is 0 Å². The first-order chi connectivity index (χ1) is 8.09. The van der Waals surface area contributed by atoms with E-state index in [0.717, 1.165) is 12.1 Å². The van der Waals surface area contributed by atoms with Gasteiger partial charge in [0, 0.05) is 19.3 Å². The Hall–Kier alpha value is -1.25. The van der Waals surface area contributed by atoms with Gasteiger partial charge in [-0.3, -0.25) is 4.79 Å². The molecule has 0 spiro atoms. The van der Waals surface area contributed by atoms with E-state index in [0.29, 0.717) is 17.9 Å². The van der Waals surface area contributed by atoms with Gasteiger partial charge in [0.1, 0.15) is 5.69 Å². The zero-order valence-corrected chi connectivity index (χ0v) is 10.9. The predicted octanol–water partition coefficient (Wildman–Crippen LogP) is 2.58. The molecular weight excluding hydrogens is 212 g/mol. The highest BCUT2D eigenvalue weighted by atomic mass is 16.2. The van der Waals surface area contributed by atoms with Crippen LogP contribution in [0, 0.1) is 11.8 Å². The van der Waals surface area contributed by atoms with E-state index >= 15 is 0 Å². The van der Waals surface area contributed by atoms with Crippen LogP contribution >= 0.6 is 0 Å². The van der Waals surface area contributed by atoms with Gasteiger partial charge in [-0.2, -0.15) is 0 Å². The summed E-state index contributed by atoms with van der Waals surface area (Å²) in [5.74, 6) is 1.35. The molecule has 0 aromatic carbocycles. The van der Waals surface area contributed by atoms with Gasteiger partial charge >= 0.3 is 0 Å². The molecule has 0 bridgehead atoms. The first-order valence-electron chi connectivity index (χ1n) is 6.52. The van der Waals surface area contributed by atoms with Crippen molar-refractivity contribution in [1.29, 1.82) is 0 Å². The van der Waals surface area contributed by atoms with Crippen LogP contribution in [-0.2, 0) is 7.05 Å². The van der Waals surface area contributed by atoms with Crippen LogP contribution in [0.3, 0.4) is 0 Å². The molecule has 17 heavy (non-hydrogen) atoms. The van der Waals surface area contributed by atoms with Gasteiger partial charge in [0.2, 0.25) is 0 Å². The zero-order valence-electron chi connectivity index (χ0n) is 10.9. The number of hydrogen-bond acceptors (Lipinski definition) is 1. The van der Waals surface area contributed by atoms with E-state index in [9.17, 15) is 4.79 Å². The van der Waals surface area contributed by atoms with Crippen LogP contribution in [0.5, 0.6) is 0 Å². The van der Waals surface area contributed by atoms with Gasteiger partial charge in [0.15, 0.2) is 0 Å². The van der Waals surface area contributed by atoms with E-state index in [-0.39, 0.29) is 5.91 Å². The number of aryl methyl sites for hydroxylation is 1. The van der Waals surface area contributed by atoms with Gasteiger partial charge in [-0.1, -0.05) is 26.7 Å². The summed E-state index contributed by atoms with van der Waals surface area (Å²) in [7, 11) is 1.90. The minimum absolute atomic E-state index is 0.0588. The molecule has 1 N–H and O–H groups in total. The summed E-state index contributed by atoms with van der Waals surface area (Å²) >= 11 is 0. The highest BCUT2D eigenvalue weighted by Gasteiger charge is 2.28. The smallest absolute Gasteiger partial charge is 0.268 e. The summed E-state index contributed by atoms with van der Waals surface area (Å²) in [6.07, 6.45) is 5.53. The van der Waals surface area contributed by atoms with Crippen molar-refractivity contribution in [3.05, 3.63) is 24.0 Å². The fourth-order valence-electron chi connectivity index (χ4n) is 2.73. The van der Waals surface area contributed by atoms with E-state index in [4.69, 9.17) is 0 Å². The number of nitrogens with one attached hydrogen (secondary N) is 1. The molecule has 0 aliphatic heterocycles. The van der Waals surface area contributed by atoms with Gasteiger partial charge < -0.3 is 9.88 Å². The summed E-state index contributed by atoms with van der Waals surface area (Å²) in [5.41, 5.74) is 0.746. The molecule has 0 radical (unpaired) electrons. The van der Waals surface area contributed by atoms with Crippen molar-refractivity contribution in [2.45, 2.75) is 39.2 Å². The molecule has 94 valence electrons. The quantitative estimate of drug-likeness (QED) is 0.838. The molecule has 3 heteroatoms. The van der Waals surface area contributed by atoms with E-state index < -0.39 is 0 Å². The molecular formula is C14H22N2O. The second-order valence-corrected chi connectivity index (χ2v) is 5.35. The van der Waals surface area contributed by atoms with Crippen molar-refractivity contribution in [3.8, 4) is 0 Å². The zero-order chi connectivity index (χ0) is 12.4. The average molecular weight is 234 g/mol. The van der Waals surface area contributed by atoms with Crippen molar-refractivity contribution < 1.29 is 4.79 Å². The maximum atomic E-state index is 12.1. The van der Waals surface area contributed by atoms with E-state index in [1.807, 2.05) is 29.9 Å². The summed E-state index contributed by atoms with van der Waals surface area (Å²) in [5, 5.41) is 3.18.